The summed E-state index contributed by atoms with van der Waals surface area (Å²) in [6.07, 6.45) is -0.683. The molecule has 1 atom stereocenters. The zero-order chi connectivity index (χ0) is 14.1. The number of methoxy groups -OCH3 is 1. The first-order valence-electron chi connectivity index (χ1n) is 5.84. The second-order valence-electron chi connectivity index (χ2n) is 3.85. The number of hydrogen-bond donors (Lipinski definition) is 3. The van der Waals surface area contributed by atoms with Crippen LogP contribution in [-0.2, 0) is 5.75 Å². The first kappa shape index (κ1) is 15.9. The van der Waals surface area contributed by atoms with Gasteiger partial charge in [0.1, 0.15) is 12.4 Å². The van der Waals surface area contributed by atoms with Crippen molar-refractivity contribution in [1.82, 2.24) is 0 Å². The van der Waals surface area contributed by atoms with Gasteiger partial charge < -0.3 is 20.1 Å². The molecule has 0 fully saturated rings. The first-order chi connectivity index (χ1) is 9.21. The molecule has 0 saturated carbocycles. The number of benzene rings is 1. The summed E-state index contributed by atoms with van der Waals surface area (Å²) in [4.78, 5) is 0. The van der Waals surface area contributed by atoms with Gasteiger partial charge in [-0.2, -0.15) is 11.8 Å². The van der Waals surface area contributed by atoms with Crippen LogP contribution >= 0.6 is 11.8 Å². The Hall–Kier alpha value is -1.19. The molecule has 3 N–H and O–H groups in total. The molecule has 5 heteroatoms. The van der Waals surface area contributed by atoms with Gasteiger partial charge in [0.2, 0.25) is 0 Å². The van der Waals surface area contributed by atoms with E-state index in [4.69, 9.17) is 14.9 Å². The molecule has 1 aromatic carbocycles. The number of ether oxygens (including phenoxy) is 1. The second-order valence-corrected chi connectivity index (χ2v) is 4.88. The van der Waals surface area contributed by atoms with Crippen LogP contribution in [0, 0.1) is 11.8 Å². The maximum atomic E-state index is 9.25. The summed E-state index contributed by atoms with van der Waals surface area (Å²) in [6, 6.07) is 5.67. The summed E-state index contributed by atoms with van der Waals surface area (Å²) in [7, 11) is 1.57. The van der Waals surface area contributed by atoms with Gasteiger partial charge in [0.25, 0.3) is 0 Å². The number of aliphatic hydroxyl groups is 3. The number of thioether (sulfide) groups is 1. The third-order valence-electron chi connectivity index (χ3n) is 2.36. The molecule has 0 amide bonds. The molecule has 0 spiro atoms. The van der Waals surface area contributed by atoms with Crippen molar-refractivity contribution in [3.8, 4) is 17.6 Å². The van der Waals surface area contributed by atoms with Crippen molar-refractivity contribution in [2.45, 2.75) is 11.9 Å². The van der Waals surface area contributed by atoms with Gasteiger partial charge in [-0.25, -0.2) is 0 Å². The third kappa shape index (κ3) is 5.53. The van der Waals surface area contributed by atoms with Crippen LogP contribution < -0.4 is 4.74 Å². The van der Waals surface area contributed by atoms with Gasteiger partial charge >= 0.3 is 0 Å². The Balaban J connectivity index is 2.69. The molecular formula is C14H18O4S. The average molecular weight is 282 g/mol. The minimum Gasteiger partial charge on any atom is -0.495 e. The van der Waals surface area contributed by atoms with Crippen LogP contribution in [0.15, 0.2) is 18.2 Å². The Labute approximate surface area is 117 Å². The van der Waals surface area contributed by atoms with Crippen molar-refractivity contribution in [3.05, 3.63) is 29.3 Å². The Morgan fingerprint density at radius 2 is 2.16 bits per heavy atom. The van der Waals surface area contributed by atoms with Crippen molar-refractivity contribution < 1.29 is 20.1 Å². The van der Waals surface area contributed by atoms with E-state index in [1.807, 2.05) is 18.2 Å². The maximum Gasteiger partial charge on any atom is 0.134 e. The lowest BCUT2D eigenvalue weighted by molar-refractivity contribution is 0.113. The summed E-state index contributed by atoms with van der Waals surface area (Å²) >= 11 is 1.54. The topological polar surface area (TPSA) is 69.9 Å². The van der Waals surface area contributed by atoms with Crippen molar-refractivity contribution >= 4 is 11.8 Å². The standard InChI is InChI=1S/C14H18O4S/c1-18-14-5-4-11(7-12(14)3-2-6-15)9-19-10-13(17)8-16/h4-5,7,13,15-17H,6,8-10H2,1H3. The van der Waals surface area contributed by atoms with Crippen molar-refractivity contribution in [1.29, 1.82) is 0 Å². The molecule has 0 bridgehead atoms. The van der Waals surface area contributed by atoms with E-state index >= 15 is 0 Å². The van der Waals surface area contributed by atoms with Crippen molar-refractivity contribution in [2.24, 2.45) is 0 Å². The predicted octanol–water partition coefficient (Wildman–Crippen LogP) is 0.625. The summed E-state index contributed by atoms with van der Waals surface area (Å²) in [5.74, 6) is 7.31. The fourth-order valence-corrected chi connectivity index (χ4v) is 2.35. The second kappa shape index (κ2) is 8.83. The van der Waals surface area contributed by atoms with Crippen LogP contribution in [0.2, 0.25) is 0 Å². The van der Waals surface area contributed by atoms with E-state index in [1.165, 1.54) is 11.8 Å². The van der Waals surface area contributed by atoms with E-state index in [9.17, 15) is 5.11 Å². The minimum absolute atomic E-state index is 0.190. The Bertz CT molecular complexity index is 450. The normalized spacial score (nSPS) is 11.6. The zero-order valence-electron chi connectivity index (χ0n) is 10.8. The molecule has 0 radical (unpaired) electrons. The van der Waals surface area contributed by atoms with Crippen LogP contribution in [0.4, 0.5) is 0 Å². The number of hydrogen-bond acceptors (Lipinski definition) is 5. The van der Waals surface area contributed by atoms with E-state index in [2.05, 4.69) is 11.8 Å². The lowest BCUT2D eigenvalue weighted by Crippen LogP contribution is -2.14. The molecule has 19 heavy (non-hydrogen) atoms. The summed E-state index contributed by atoms with van der Waals surface area (Å²) in [5, 5.41) is 26.7. The molecule has 104 valence electrons. The molecule has 1 aromatic rings. The third-order valence-corrected chi connectivity index (χ3v) is 3.51. The molecule has 0 aliphatic heterocycles. The highest BCUT2D eigenvalue weighted by atomic mass is 32.2. The Morgan fingerprint density at radius 3 is 2.79 bits per heavy atom. The van der Waals surface area contributed by atoms with Crippen molar-refractivity contribution in [2.75, 3.05) is 26.1 Å². The first-order valence-corrected chi connectivity index (χ1v) is 7.00. The van der Waals surface area contributed by atoms with Gasteiger partial charge in [0.15, 0.2) is 0 Å². The van der Waals surface area contributed by atoms with Crippen molar-refractivity contribution in [3.63, 3.8) is 0 Å². The molecular weight excluding hydrogens is 264 g/mol. The van der Waals surface area contributed by atoms with Crippen LogP contribution in [0.5, 0.6) is 5.75 Å². The Kier molecular flexibility index (Phi) is 7.38. The monoisotopic (exact) mass is 282 g/mol. The average Bonchev–Trinajstić information content (AvgIpc) is 2.45. The van der Waals surface area contributed by atoms with E-state index in [1.54, 1.807) is 7.11 Å². The Morgan fingerprint density at radius 1 is 1.37 bits per heavy atom. The zero-order valence-corrected chi connectivity index (χ0v) is 11.6. The van der Waals surface area contributed by atoms with Gasteiger partial charge in [-0.3, -0.25) is 0 Å². The molecule has 1 rings (SSSR count). The van der Waals surface area contributed by atoms with Gasteiger partial charge in [-0.05, 0) is 17.7 Å². The summed E-state index contributed by atoms with van der Waals surface area (Å²) in [5.41, 5.74) is 1.79. The van der Waals surface area contributed by atoms with Gasteiger partial charge in [0.05, 0.1) is 25.4 Å². The minimum atomic E-state index is -0.683. The highest BCUT2D eigenvalue weighted by Gasteiger charge is 2.05. The van der Waals surface area contributed by atoms with E-state index in [0.29, 0.717) is 11.5 Å². The highest BCUT2D eigenvalue weighted by Crippen LogP contribution is 2.22. The van der Waals surface area contributed by atoms with Crippen LogP contribution in [0.1, 0.15) is 11.1 Å². The molecule has 0 aliphatic carbocycles. The van der Waals surface area contributed by atoms with Crippen LogP contribution in [-0.4, -0.2) is 47.5 Å². The molecule has 0 aliphatic rings. The lowest BCUT2D eigenvalue weighted by Gasteiger charge is -2.08. The van der Waals surface area contributed by atoms with E-state index in [0.717, 1.165) is 16.9 Å². The highest BCUT2D eigenvalue weighted by molar-refractivity contribution is 7.98. The molecule has 0 aromatic heterocycles. The van der Waals surface area contributed by atoms with Crippen LogP contribution in [0.3, 0.4) is 0 Å². The van der Waals surface area contributed by atoms with Crippen LogP contribution in [0.25, 0.3) is 0 Å². The smallest absolute Gasteiger partial charge is 0.134 e. The predicted molar refractivity (Wildman–Crippen MR) is 76.2 cm³/mol. The number of rotatable bonds is 6. The van der Waals surface area contributed by atoms with Gasteiger partial charge in [-0.15, -0.1) is 0 Å². The van der Waals surface area contributed by atoms with Gasteiger partial charge in [-0.1, -0.05) is 17.9 Å². The molecule has 0 saturated heterocycles. The summed E-state index contributed by atoms with van der Waals surface area (Å²) < 4.78 is 5.19. The maximum absolute atomic E-state index is 9.25. The largest absolute Gasteiger partial charge is 0.495 e. The fraction of sp³-hybridized carbons (Fsp3) is 0.429. The van der Waals surface area contributed by atoms with E-state index < -0.39 is 6.10 Å². The van der Waals surface area contributed by atoms with Gasteiger partial charge in [0, 0.05) is 11.5 Å². The van der Waals surface area contributed by atoms with E-state index in [-0.39, 0.29) is 13.2 Å². The number of aliphatic hydroxyl groups excluding tert-OH is 3. The molecule has 4 nitrogen and oxygen atoms in total. The summed E-state index contributed by atoms with van der Waals surface area (Å²) in [6.45, 7) is -0.409. The SMILES string of the molecule is COc1ccc(CSCC(O)CO)cc1C#CCO. The lowest BCUT2D eigenvalue weighted by atomic mass is 10.1. The molecule has 1 unspecified atom stereocenters. The fourth-order valence-electron chi connectivity index (χ4n) is 1.44. The quantitative estimate of drug-likeness (QED) is 0.668. The molecule has 0 heterocycles.